The number of rotatable bonds is 3. The van der Waals surface area contributed by atoms with Crippen molar-refractivity contribution in [3.8, 4) is 0 Å². The quantitative estimate of drug-likeness (QED) is 0.890. The first-order valence-electron chi connectivity index (χ1n) is 6.83. The lowest BCUT2D eigenvalue weighted by molar-refractivity contribution is -0.124. The summed E-state index contributed by atoms with van der Waals surface area (Å²) in [4.78, 5) is 12.7. The van der Waals surface area contributed by atoms with E-state index in [4.69, 9.17) is 11.6 Å². The molecule has 0 atom stereocenters. The molecule has 1 aliphatic carbocycles. The van der Waals surface area contributed by atoms with Gasteiger partial charge in [0, 0.05) is 10.7 Å². The number of amides is 1. The zero-order valence-corrected chi connectivity index (χ0v) is 11.9. The van der Waals surface area contributed by atoms with Gasteiger partial charge < -0.3 is 5.32 Å². The smallest absolute Gasteiger partial charge is 0.235 e. The molecule has 3 rings (SSSR count). The second kappa shape index (κ2) is 5.29. The third-order valence-electron chi connectivity index (χ3n) is 4.05. The number of benzene rings is 2. The van der Waals surface area contributed by atoms with Crippen LogP contribution in [0.2, 0.25) is 5.02 Å². The van der Waals surface area contributed by atoms with Gasteiger partial charge in [0.1, 0.15) is 0 Å². The minimum Gasteiger partial charge on any atom is -0.325 e. The number of hydrogen-bond acceptors (Lipinski definition) is 1. The van der Waals surface area contributed by atoms with Crippen LogP contribution >= 0.6 is 11.6 Å². The maximum absolute atomic E-state index is 12.7. The summed E-state index contributed by atoms with van der Waals surface area (Å²) in [6, 6.07) is 17.3. The SMILES string of the molecule is O=C(Nc1cccc(Cl)c1)C1(c2ccccc2)CCC1. The van der Waals surface area contributed by atoms with Crippen molar-refractivity contribution < 1.29 is 4.79 Å². The predicted octanol–water partition coefficient (Wildman–Crippen LogP) is 4.40. The maximum Gasteiger partial charge on any atom is 0.235 e. The average molecular weight is 286 g/mol. The van der Waals surface area contributed by atoms with E-state index in [-0.39, 0.29) is 11.3 Å². The zero-order valence-electron chi connectivity index (χ0n) is 11.1. The molecule has 1 N–H and O–H groups in total. The van der Waals surface area contributed by atoms with Crippen LogP contribution in [0.3, 0.4) is 0 Å². The highest BCUT2D eigenvalue weighted by atomic mass is 35.5. The predicted molar refractivity (Wildman–Crippen MR) is 82.1 cm³/mol. The summed E-state index contributed by atoms with van der Waals surface area (Å²) in [5.74, 6) is 0.0669. The number of halogens is 1. The second-order valence-corrected chi connectivity index (χ2v) is 5.70. The first-order chi connectivity index (χ1) is 9.71. The molecule has 3 heteroatoms. The van der Waals surface area contributed by atoms with Crippen LogP contribution in [-0.4, -0.2) is 5.91 Å². The van der Waals surface area contributed by atoms with Crippen LogP contribution in [0.15, 0.2) is 54.6 Å². The molecular weight excluding hydrogens is 270 g/mol. The molecule has 2 aromatic carbocycles. The zero-order chi connectivity index (χ0) is 14.0. The Morgan fingerprint density at radius 1 is 1.05 bits per heavy atom. The lowest BCUT2D eigenvalue weighted by Gasteiger charge is -2.40. The van der Waals surface area contributed by atoms with Gasteiger partial charge in [-0.1, -0.05) is 54.4 Å². The van der Waals surface area contributed by atoms with Crippen LogP contribution < -0.4 is 5.32 Å². The molecular formula is C17H16ClNO. The molecule has 0 radical (unpaired) electrons. The molecule has 1 aliphatic rings. The number of nitrogens with one attached hydrogen (secondary N) is 1. The molecule has 102 valence electrons. The Morgan fingerprint density at radius 3 is 2.40 bits per heavy atom. The Hall–Kier alpha value is -1.80. The molecule has 0 unspecified atom stereocenters. The summed E-state index contributed by atoms with van der Waals surface area (Å²) in [7, 11) is 0. The van der Waals surface area contributed by atoms with E-state index in [0.29, 0.717) is 5.02 Å². The van der Waals surface area contributed by atoms with Gasteiger partial charge in [-0.15, -0.1) is 0 Å². The van der Waals surface area contributed by atoms with Gasteiger partial charge in [0.15, 0.2) is 0 Å². The van der Waals surface area contributed by atoms with Crippen molar-refractivity contribution in [1.82, 2.24) is 0 Å². The van der Waals surface area contributed by atoms with Gasteiger partial charge in [0.2, 0.25) is 5.91 Å². The van der Waals surface area contributed by atoms with Crippen molar-refractivity contribution in [2.24, 2.45) is 0 Å². The highest BCUT2D eigenvalue weighted by molar-refractivity contribution is 6.30. The minimum absolute atomic E-state index is 0.0669. The number of hydrogen-bond donors (Lipinski definition) is 1. The van der Waals surface area contributed by atoms with Crippen molar-refractivity contribution >= 4 is 23.2 Å². The molecule has 2 nitrogen and oxygen atoms in total. The van der Waals surface area contributed by atoms with E-state index in [1.807, 2.05) is 42.5 Å². The first-order valence-corrected chi connectivity index (χ1v) is 7.21. The molecule has 0 heterocycles. The highest BCUT2D eigenvalue weighted by Crippen LogP contribution is 2.44. The first kappa shape index (κ1) is 13.2. The van der Waals surface area contributed by atoms with Gasteiger partial charge in [-0.25, -0.2) is 0 Å². The Morgan fingerprint density at radius 2 is 1.80 bits per heavy atom. The Kier molecular flexibility index (Phi) is 3.49. The molecule has 20 heavy (non-hydrogen) atoms. The summed E-state index contributed by atoms with van der Waals surface area (Å²) < 4.78 is 0. The van der Waals surface area contributed by atoms with Gasteiger partial charge >= 0.3 is 0 Å². The molecule has 0 aliphatic heterocycles. The summed E-state index contributed by atoms with van der Waals surface area (Å²) in [6.07, 6.45) is 2.91. The number of carbonyl (C=O) groups excluding carboxylic acids is 1. The topological polar surface area (TPSA) is 29.1 Å². The van der Waals surface area contributed by atoms with Gasteiger partial charge in [0.05, 0.1) is 5.41 Å². The lowest BCUT2D eigenvalue weighted by atomic mass is 9.64. The second-order valence-electron chi connectivity index (χ2n) is 5.27. The molecule has 2 aromatic rings. The van der Waals surface area contributed by atoms with Crippen LogP contribution in [0.25, 0.3) is 0 Å². The summed E-state index contributed by atoms with van der Waals surface area (Å²) >= 11 is 5.96. The molecule has 1 fully saturated rings. The maximum atomic E-state index is 12.7. The molecule has 1 amide bonds. The fourth-order valence-electron chi connectivity index (χ4n) is 2.75. The molecule has 1 saturated carbocycles. The largest absolute Gasteiger partial charge is 0.325 e. The summed E-state index contributed by atoms with van der Waals surface area (Å²) in [6.45, 7) is 0. The molecule has 0 aromatic heterocycles. The third kappa shape index (κ3) is 2.32. The fourth-order valence-corrected chi connectivity index (χ4v) is 2.94. The van der Waals surface area contributed by atoms with Crippen LogP contribution in [0.4, 0.5) is 5.69 Å². The van der Waals surface area contributed by atoms with Gasteiger partial charge in [-0.2, -0.15) is 0 Å². The van der Waals surface area contributed by atoms with Crippen LogP contribution in [-0.2, 0) is 10.2 Å². The Balaban J connectivity index is 1.85. The van der Waals surface area contributed by atoms with Crippen molar-refractivity contribution in [2.75, 3.05) is 5.32 Å². The van der Waals surface area contributed by atoms with Crippen molar-refractivity contribution in [3.63, 3.8) is 0 Å². The van der Waals surface area contributed by atoms with Gasteiger partial charge in [-0.3, -0.25) is 4.79 Å². The van der Waals surface area contributed by atoms with Crippen LogP contribution in [0, 0.1) is 0 Å². The normalized spacial score (nSPS) is 16.2. The fraction of sp³-hybridized carbons (Fsp3) is 0.235. The van der Waals surface area contributed by atoms with Crippen LogP contribution in [0.1, 0.15) is 24.8 Å². The average Bonchev–Trinajstić information content (AvgIpc) is 2.38. The minimum atomic E-state index is -0.371. The molecule has 0 bridgehead atoms. The summed E-state index contributed by atoms with van der Waals surface area (Å²) in [5, 5.41) is 3.63. The van der Waals surface area contributed by atoms with Crippen molar-refractivity contribution in [2.45, 2.75) is 24.7 Å². The van der Waals surface area contributed by atoms with Gasteiger partial charge in [-0.05, 0) is 36.6 Å². The Bertz CT molecular complexity index is 620. The summed E-state index contributed by atoms with van der Waals surface area (Å²) in [5.41, 5.74) is 1.49. The third-order valence-corrected chi connectivity index (χ3v) is 4.29. The van der Waals surface area contributed by atoms with E-state index in [9.17, 15) is 4.79 Å². The van der Waals surface area contributed by atoms with Gasteiger partial charge in [0.25, 0.3) is 0 Å². The van der Waals surface area contributed by atoms with E-state index in [1.54, 1.807) is 12.1 Å². The van der Waals surface area contributed by atoms with Crippen molar-refractivity contribution in [1.29, 1.82) is 0 Å². The monoisotopic (exact) mass is 285 g/mol. The standard InChI is InChI=1S/C17H16ClNO/c18-14-8-4-9-15(12-14)19-16(20)17(10-5-11-17)13-6-2-1-3-7-13/h1-4,6-9,12H,5,10-11H2,(H,19,20). The highest BCUT2D eigenvalue weighted by Gasteiger charge is 2.45. The lowest BCUT2D eigenvalue weighted by Crippen LogP contribution is -2.45. The number of carbonyl (C=O) groups is 1. The van der Waals surface area contributed by atoms with E-state index >= 15 is 0 Å². The van der Waals surface area contributed by atoms with E-state index in [2.05, 4.69) is 5.32 Å². The van der Waals surface area contributed by atoms with E-state index in [1.165, 1.54) is 0 Å². The van der Waals surface area contributed by atoms with Crippen LogP contribution in [0.5, 0.6) is 0 Å². The molecule has 0 saturated heterocycles. The van der Waals surface area contributed by atoms with E-state index < -0.39 is 0 Å². The van der Waals surface area contributed by atoms with E-state index in [0.717, 1.165) is 30.5 Å². The molecule has 0 spiro atoms. The number of anilines is 1. The Labute approximate surface area is 123 Å². The van der Waals surface area contributed by atoms with Crippen molar-refractivity contribution in [3.05, 3.63) is 65.2 Å².